The van der Waals surface area contributed by atoms with Crippen LogP contribution in [0.4, 0.5) is 15.8 Å². The van der Waals surface area contributed by atoms with E-state index in [-0.39, 0.29) is 11.2 Å². The first kappa shape index (κ1) is 25.8. The molecule has 0 amide bonds. The van der Waals surface area contributed by atoms with Gasteiger partial charge in [0, 0.05) is 22.5 Å². The predicted octanol–water partition coefficient (Wildman–Crippen LogP) is 5.87. The Kier molecular flexibility index (Phi) is 8.08. The first-order chi connectivity index (χ1) is 17.8. The number of hydrogen-bond donors (Lipinski definition) is 2. The molecule has 192 valence electrons. The van der Waals surface area contributed by atoms with Gasteiger partial charge in [-0.1, -0.05) is 0 Å². The fraction of sp³-hybridized carbons (Fsp3) is 0.241. The summed E-state index contributed by atoms with van der Waals surface area (Å²) in [5.74, 6) is 0.218. The van der Waals surface area contributed by atoms with Crippen LogP contribution < -0.4 is 21.6 Å². The number of ether oxygens (including phenoxy) is 2. The summed E-state index contributed by atoms with van der Waals surface area (Å²) in [6, 6.07) is 15.7. The molecule has 37 heavy (non-hydrogen) atoms. The molecule has 7 nitrogen and oxygen atoms in total. The molecule has 0 atom stereocenters. The molecule has 4 rings (SSSR count). The minimum atomic E-state index is -0.442. The minimum Gasteiger partial charge on any atom is -0.494 e. The maximum Gasteiger partial charge on any atom is 0.338 e. The number of carbonyl (C=O) groups excluding carboxylic acids is 1. The maximum atomic E-state index is 13.3. The van der Waals surface area contributed by atoms with E-state index in [4.69, 9.17) is 25.4 Å². The number of fused-ring (bicyclic) bond motifs is 1. The number of benzene rings is 3. The van der Waals surface area contributed by atoms with Crippen LogP contribution in [0.1, 0.15) is 41.6 Å². The number of unbranched alkanes of at least 4 members (excludes halogenated alkanes) is 3. The van der Waals surface area contributed by atoms with Crippen molar-refractivity contribution in [1.29, 1.82) is 0 Å². The highest BCUT2D eigenvalue weighted by Gasteiger charge is 2.14. The van der Waals surface area contributed by atoms with Crippen molar-refractivity contribution in [1.82, 2.24) is 0 Å². The predicted molar refractivity (Wildman–Crippen MR) is 142 cm³/mol. The Bertz CT molecular complexity index is 1440. The van der Waals surface area contributed by atoms with E-state index in [0.717, 1.165) is 25.7 Å². The number of anilines is 2. The summed E-state index contributed by atoms with van der Waals surface area (Å²) in [6.45, 7) is 2.50. The van der Waals surface area contributed by atoms with Crippen LogP contribution in [0, 0.1) is 12.7 Å². The van der Waals surface area contributed by atoms with Gasteiger partial charge < -0.3 is 25.4 Å². The zero-order valence-corrected chi connectivity index (χ0v) is 20.6. The monoisotopic (exact) mass is 504 g/mol. The summed E-state index contributed by atoms with van der Waals surface area (Å²) in [7, 11) is 0. The van der Waals surface area contributed by atoms with Crippen molar-refractivity contribution >= 4 is 28.3 Å². The van der Waals surface area contributed by atoms with Gasteiger partial charge in [0.05, 0.1) is 24.2 Å². The second-order valence-electron chi connectivity index (χ2n) is 8.84. The summed E-state index contributed by atoms with van der Waals surface area (Å²) in [4.78, 5) is 25.0. The summed E-state index contributed by atoms with van der Waals surface area (Å²) in [5, 5.41) is 0.435. The van der Waals surface area contributed by atoms with Crippen LogP contribution in [0.25, 0.3) is 22.3 Å². The third-order valence-electron chi connectivity index (χ3n) is 5.95. The van der Waals surface area contributed by atoms with Gasteiger partial charge in [-0.3, -0.25) is 4.79 Å². The van der Waals surface area contributed by atoms with Crippen LogP contribution in [0.3, 0.4) is 0 Å². The SMILES string of the molecule is Cc1c(-c2ccc(F)cc2)oc2ccc(OCCCCCCOC(=O)c3cc(N)cc(N)c3)cc2c1=O. The number of rotatable bonds is 10. The van der Waals surface area contributed by atoms with Crippen molar-refractivity contribution in [2.75, 3.05) is 24.7 Å². The van der Waals surface area contributed by atoms with E-state index in [2.05, 4.69) is 0 Å². The van der Waals surface area contributed by atoms with E-state index in [9.17, 15) is 14.0 Å². The van der Waals surface area contributed by atoms with Gasteiger partial charge in [0.1, 0.15) is 22.9 Å². The van der Waals surface area contributed by atoms with Gasteiger partial charge in [-0.15, -0.1) is 0 Å². The summed E-state index contributed by atoms with van der Waals surface area (Å²) in [6.07, 6.45) is 3.33. The van der Waals surface area contributed by atoms with Crippen LogP contribution >= 0.6 is 0 Å². The highest BCUT2D eigenvalue weighted by molar-refractivity contribution is 5.91. The normalized spacial score (nSPS) is 11.0. The zero-order valence-electron chi connectivity index (χ0n) is 20.6. The Morgan fingerprint density at radius 3 is 2.27 bits per heavy atom. The van der Waals surface area contributed by atoms with Crippen molar-refractivity contribution in [2.24, 2.45) is 0 Å². The highest BCUT2D eigenvalue weighted by Crippen LogP contribution is 2.27. The molecule has 0 fully saturated rings. The van der Waals surface area contributed by atoms with Crippen molar-refractivity contribution in [3.05, 3.63) is 87.8 Å². The molecule has 1 heterocycles. The molecule has 4 N–H and O–H groups in total. The summed E-state index contributed by atoms with van der Waals surface area (Å²) < 4.78 is 30.3. The molecule has 4 aromatic rings. The highest BCUT2D eigenvalue weighted by atomic mass is 19.1. The molecule has 8 heteroatoms. The largest absolute Gasteiger partial charge is 0.494 e. The average molecular weight is 505 g/mol. The Hall–Kier alpha value is -4.33. The van der Waals surface area contributed by atoms with Gasteiger partial charge in [0.25, 0.3) is 0 Å². The smallest absolute Gasteiger partial charge is 0.338 e. The number of esters is 1. The van der Waals surface area contributed by atoms with Crippen LogP contribution in [0.2, 0.25) is 0 Å². The van der Waals surface area contributed by atoms with Crippen molar-refractivity contribution in [2.45, 2.75) is 32.6 Å². The van der Waals surface area contributed by atoms with Gasteiger partial charge in [0.2, 0.25) is 0 Å². The van der Waals surface area contributed by atoms with Gasteiger partial charge >= 0.3 is 5.97 Å². The number of nitrogens with two attached hydrogens (primary N) is 2. The van der Waals surface area contributed by atoms with Crippen LogP contribution in [0.5, 0.6) is 5.75 Å². The fourth-order valence-electron chi connectivity index (χ4n) is 4.02. The molecule has 1 aromatic heterocycles. The second-order valence-corrected chi connectivity index (χ2v) is 8.84. The lowest BCUT2D eigenvalue weighted by Crippen LogP contribution is -2.08. The summed E-state index contributed by atoms with van der Waals surface area (Å²) >= 11 is 0. The molecule has 0 aliphatic rings. The fourth-order valence-corrected chi connectivity index (χ4v) is 4.02. The lowest BCUT2D eigenvalue weighted by atomic mass is 10.1. The molecular formula is C29H29FN2O5. The second kappa shape index (κ2) is 11.6. The van der Waals surface area contributed by atoms with Gasteiger partial charge in [-0.2, -0.15) is 0 Å². The molecule has 0 bridgehead atoms. The van der Waals surface area contributed by atoms with Crippen LogP contribution in [0.15, 0.2) is 69.9 Å². The van der Waals surface area contributed by atoms with Gasteiger partial charge in [-0.25, -0.2) is 9.18 Å². The van der Waals surface area contributed by atoms with E-state index in [1.807, 2.05) is 0 Å². The Morgan fingerprint density at radius 2 is 1.57 bits per heavy atom. The molecule has 0 spiro atoms. The standard InChI is InChI=1S/C29H29FN2O5/c1-18-27(33)25-17-24(10-11-26(25)37-28(18)19-6-8-21(30)9-7-19)35-12-4-2-3-5-13-36-29(34)20-14-22(31)16-23(32)15-20/h6-11,14-17H,2-5,12-13,31-32H2,1H3. The minimum absolute atomic E-state index is 0.151. The van der Waals surface area contributed by atoms with Crippen LogP contribution in [-0.4, -0.2) is 19.2 Å². The lowest BCUT2D eigenvalue weighted by molar-refractivity contribution is 0.0497. The molecule has 0 saturated heterocycles. The van der Waals surface area contributed by atoms with Gasteiger partial charge in [0.15, 0.2) is 5.43 Å². The number of halogens is 1. The van der Waals surface area contributed by atoms with Crippen molar-refractivity contribution in [3.8, 4) is 17.1 Å². The molecule has 0 saturated carbocycles. The van der Waals surface area contributed by atoms with E-state index >= 15 is 0 Å². The van der Waals surface area contributed by atoms with Crippen molar-refractivity contribution < 1.29 is 23.1 Å². The quantitative estimate of drug-likeness (QED) is 0.158. The van der Waals surface area contributed by atoms with Crippen LogP contribution in [-0.2, 0) is 4.74 Å². The number of carbonyl (C=O) groups is 1. The topological polar surface area (TPSA) is 118 Å². The Labute approximate surface area is 213 Å². The maximum absolute atomic E-state index is 13.3. The number of hydrogen-bond acceptors (Lipinski definition) is 7. The summed E-state index contributed by atoms with van der Waals surface area (Å²) in [5.41, 5.74) is 14.0. The lowest BCUT2D eigenvalue weighted by Gasteiger charge is -2.10. The first-order valence-electron chi connectivity index (χ1n) is 12.1. The van der Waals surface area contributed by atoms with Crippen molar-refractivity contribution in [3.63, 3.8) is 0 Å². The Morgan fingerprint density at radius 1 is 0.892 bits per heavy atom. The third-order valence-corrected chi connectivity index (χ3v) is 5.95. The van der Waals surface area contributed by atoms with Gasteiger partial charge in [-0.05, 0) is 93.3 Å². The number of nitrogen functional groups attached to an aromatic ring is 2. The molecule has 0 aliphatic heterocycles. The Balaban J connectivity index is 1.23. The zero-order chi connectivity index (χ0) is 26.4. The molecular weight excluding hydrogens is 475 g/mol. The van der Waals surface area contributed by atoms with E-state index in [0.29, 0.717) is 63.8 Å². The van der Waals surface area contributed by atoms with E-state index in [1.165, 1.54) is 12.1 Å². The average Bonchev–Trinajstić information content (AvgIpc) is 2.87. The van der Waals surface area contributed by atoms with E-state index < -0.39 is 5.97 Å². The third kappa shape index (κ3) is 6.46. The molecule has 0 radical (unpaired) electrons. The first-order valence-corrected chi connectivity index (χ1v) is 12.1. The molecule has 0 aliphatic carbocycles. The van der Waals surface area contributed by atoms with E-state index in [1.54, 1.807) is 55.5 Å². The molecule has 0 unspecified atom stereocenters. The molecule has 3 aromatic carbocycles.